The number of hydrogen-bond donors (Lipinski definition) is 0. The Bertz CT molecular complexity index is 2430. The van der Waals surface area contributed by atoms with Crippen LogP contribution in [0.4, 0.5) is 0 Å². The van der Waals surface area contributed by atoms with Crippen LogP contribution in [0.2, 0.25) is 0 Å². The molecule has 9 atom stereocenters. The van der Waals surface area contributed by atoms with Crippen molar-refractivity contribution in [2.75, 3.05) is 19.8 Å². The van der Waals surface area contributed by atoms with Crippen LogP contribution in [-0.4, -0.2) is 55.0 Å². The van der Waals surface area contributed by atoms with E-state index in [4.69, 9.17) is 28.4 Å². The Morgan fingerprint density at radius 3 is 0.964 bits per heavy atom. The Hall–Kier alpha value is -4.53. The molecule has 12 saturated carbocycles. The van der Waals surface area contributed by atoms with Gasteiger partial charge in [0.25, 0.3) is 0 Å². The summed E-state index contributed by atoms with van der Waals surface area (Å²) < 4.78 is 35.2. The first-order valence-corrected chi connectivity index (χ1v) is 32.9. The van der Waals surface area contributed by atoms with E-state index in [2.05, 4.69) is 113 Å². The van der Waals surface area contributed by atoms with Crippen LogP contribution in [0, 0.1) is 69.5 Å². The van der Waals surface area contributed by atoms with Crippen molar-refractivity contribution in [1.29, 1.82) is 0 Å². The van der Waals surface area contributed by atoms with Crippen molar-refractivity contribution in [2.45, 2.75) is 255 Å². The minimum atomic E-state index is -0.294. The topological polar surface area (TPSA) is 107 Å². The van der Waals surface area contributed by atoms with Gasteiger partial charge in [-0.25, -0.2) is 14.4 Å². The van der Waals surface area contributed by atoms with E-state index in [1.54, 1.807) is 0 Å². The fourth-order valence-corrected chi connectivity index (χ4v) is 18.6. The summed E-state index contributed by atoms with van der Waals surface area (Å²) in [5, 5.41) is 0. The molecule has 0 aliphatic heterocycles. The standard InChI is InChI=1S/2C24H34O3.C23H32O3.C2H6.2CH4/c2*1-5-16(2)18-6-8-21(9-7-18)26-15-22(25)27-24(4)19-10-17-11-20(24)14-23(3,12-17)13-19;1-4-15(2)17-5-7-20(8-6-17)25-14-21(24)26-22-18-9-16-10-19(22)13-23(3,11-16)12-18;1-2;;/h2*6-9,16-17,19-20H,5,10-15H2,1-4H3;5-8,15-16,18-19,22H,4,9-14H2,1-3H3;1-2H3;2*1H4. The predicted molar refractivity (Wildman–Crippen MR) is 341 cm³/mol. The molecule has 0 radical (unpaired) electrons. The van der Waals surface area contributed by atoms with Crippen LogP contribution in [0.15, 0.2) is 72.8 Å². The Morgan fingerprint density at radius 2 is 0.690 bits per heavy atom. The van der Waals surface area contributed by atoms with Crippen molar-refractivity contribution in [1.82, 2.24) is 0 Å². The lowest BCUT2D eigenvalue weighted by Crippen LogP contribution is -2.60. The Morgan fingerprint density at radius 1 is 0.417 bits per heavy atom. The Labute approximate surface area is 509 Å². The lowest BCUT2D eigenvalue weighted by Gasteiger charge is -2.62. The molecule has 468 valence electrons. The summed E-state index contributed by atoms with van der Waals surface area (Å²) in [6, 6.07) is 24.3. The Kier molecular flexibility index (Phi) is 22.1. The van der Waals surface area contributed by atoms with Crippen LogP contribution in [0.1, 0.15) is 255 Å². The average Bonchev–Trinajstić information content (AvgIpc) is 0.823. The minimum Gasteiger partial charge on any atom is -0.482 e. The van der Waals surface area contributed by atoms with Gasteiger partial charge in [-0.15, -0.1) is 0 Å². The second kappa shape index (κ2) is 27.7. The maximum atomic E-state index is 12.6. The highest BCUT2D eigenvalue weighted by molar-refractivity contribution is 5.72. The van der Waals surface area contributed by atoms with Crippen molar-refractivity contribution in [3.05, 3.63) is 89.5 Å². The number of benzene rings is 3. The molecule has 12 aliphatic carbocycles. The average molecular weight is 1160 g/mol. The normalized spacial score (nSPS) is 35.5. The molecular weight excluding hydrogens is 1040 g/mol. The van der Waals surface area contributed by atoms with Gasteiger partial charge in [0.2, 0.25) is 0 Å². The molecule has 9 unspecified atom stereocenters. The summed E-state index contributed by atoms with van der Waals surface area (Å²) in [7, 11) is 0. The number of esters is 3. The van der Waals surface area contributed by atoms with E-state index in [1.807, 2.05) is 50.2 Å². The smallest absolute Gasteiger partial charge is 0.344 e. The van der Waals surface area contributed by atoms with Gasteiger partial charge < -0.3 is 28.4 Å². The van der Waals surface area contributed by atoms with Crippen LogP contribution in [0.5, 0.6) is 17.2 Å². The quantitative estimate of drug-likeness (QED) is 0.0909. The monoisotopic (exact) mass is 1160 g/mol. The summed E-state index contributed by atoms with van der Waals surface area (Å²) in [6.45, 7) is 28.9. The zero-order chi connectivity index (χ0) is 58.8. The van der Waals surface area contributed by atoms with E-state index in [-0.39, 0.29) is 69.9 Å². The van der Waals surface area contributed by atoms with Crippen molar-refractivity contribution >= 4 is 17.9 Å². The SMILES string of the molecule is C.C.CC.CCC(C)c1ccc(OCC(=O)OC2(C)C3CC4CC2CC(C)(C4)C3)cc1.CCC(C)c1ccc(OCC(=O)OC2(C)C3CC4CC2CC(C)(C4)C3)cc1.CCC(C)c1ccc(OCC(=O)OC2C3CC4CC2CC(C)(C4)C3)cc1. The molecule has 0 heterocycles. The van der Waals surface area contributed by atoms with Gasteiger partial charge in [0, 0.05) is 0 Å². The second-order valence-corrected chi connectivity index (χ2v) is 29.4. The van der Waals surface area contributed by atoms with Crippen molar-refractivity contribution in [3.63, 3.8) is 0 Å². The number of carbonyl (C=O) groups is 3. The molecule has 0 aromatic heterocycles. The fraction of sp³-hybridized carbons (Fsp3) is 0.720. The molecule has 3 aromatic carbocycles. The van der Waals surface area contributed by atoms with E-state index in [1.165, 1.54) is 113 Å². The highest BCUT2D eigenvalue weighted by Gasteiger charge is 2.62. The minimum absolute atomic E-state index is 0. The van der Waals surface area contributed by atoms with Crippen LogP contribution < -0.4 is 14.2 Å². The zero-order valence-electron chi connectivity index (χ0n) is 53.0. The van der Waals surface area contributed by atoms with Gasteiger partial charge in [0.15, 0.2) is 19.8 Å². The van der Waals surface area contributed by atoms with E-state index in [0.29, 0.717) is 69.5 Å². The third-order valence-electron chi connectivity index (χ3n) is 22.9. The van der Waals surface area contributed by atoms with E-state index < -0.39 is 0 Å². The molecule has 15 rings (SSSR count). The lowest BCUT2D eigenvalue weighted by atomic mass is 9.45. The van der Waals surface area contributed by atoms with Gasteiger partial charge in [0.05, 0.1) is 0 Å². The van der Waals surface area contributed by atoms with Crippen LogP contribution >= 0.6 is 0 Å². The summed E-state index contributed by atoms with van der Waals surface area (Å²) >= 11 is 0. The molecular formula is C75H114O9. The van der Waals surface area contributed by atoms with Gasteiger partial charge in [0.1, 0.15) is 34.6 Å². The largest absolute Gasteiger partial charge is 0.482 e. The van der Waals surface area contributed by atoms with Crippen molar-refractivity contribution in [3.8, 4) is 17.2 Å². The summed E-state index contributed by atoms with van der Waals surface area (Å²) in [5.41, 5.74) is 4.81. The Balaban J connectivity index is 0.000000176. The van der Waals surface area contributed by atoms with Gasteiger partial charge in [-0.05, 0) is 270 Å². The van der Waals surface area contributed by atoms with Crippen molar-refractivity contribution in [2.24, 2.45) is 69.5 Å². The first-order valence-electron chi connectivity index (χ1n) is 32.9. The van der Waals surface area contributed by atoms with Gasteiger partial charge in [-0.1, -0.05) is 127 Å². The maximum absolute atomic E-state index is 12.6. The van der Waals surface area contributed by atoms with E-state index >= 15 is 0 Å². The number of hydrogen-bond acceptors (Lipinski definition) is 9. The van der Waals surface area contributed by atoms with Crippen LogP contribution in [0.25, 0.3) is 0 Å². The first-order chi connectivity index (χ1) is 39.1. The predicted octanol–water partition coefficient (Wildman–Crippen LogP) is 19.1. The second-order valence-electron chi connectivity index (χ2n) is 29.4. The third kappa shape index (κ3) is 15.1. The molecule has 9 heteroatoms. The summed E-state index contributed by atoms with van der Waals surface area (Å²) in [6.07, 6.45) is 22.3. The first kappa shape index (κ1) is 67.0. The van der Waals surface area contributed by atoms with Gasteiger partial charge in [-0.2, -0.15) is 0 Å². The van der Waals surface area contributed by atoms with Crippen LogP contribution in [-0.2, 0) is 28.6 Å². The molecule has 12 bridgehead atoms. The number of carbonyl (C=O) groups excluding carboxylic acids is 3. The zero-order valence-corrected chi connectivity index (χ0v) is 53.0. The summed E-state index contributed by atoms with van der Waals surface area (Å²) in [4.78, 5) is 37.5. The lowest BCUT2D eigenvalue weighted by molar-refractivity contribution is -0.217. The highest BCUT2D eigenvalue weighted by Crippen LogP contribution is 2.66. The van der Waals surface area contributed by atoms with E-state index in [9.17, 15) is 14.4 Å². The molecule has 3 aromatic rings. The summed E-state index contributed by atoms with van der Waals surface area (Å²) in [5.74, 6) is 9.00. The highest BCUT2D eigenvalue weighted by atomic mass is 16.6. The molecule has 12 fully saturated rings. The molecule has 12 aliphatic rings. The van der Waals surface area contributed by atoms with Crippen molar-refractivity contribution < 1.29 is 42.8 Å². The molecule has 84 heavy (non-hydrogen) atoms. The third-order valence-corrected chi connectivity index (χ3v) is 22.9. The molecule has 0 spiro atoms. The number of rotatable bonds is 18. The van der Waals surface area contributed by atoms with Gasteiger partial charge >= 0.3 is 17.9 Å². The van der Waals surface area contributed by atoms with Crippen LogP contribution in [0.3, 0.4) is 0 Å². The number of ether oxygens (including phenoxy) is 6. The fourth-order valence-electron chi connectivity index (χ4n) is 18.6. The molecule has 0 saturated heterocycles. The van der Waals surface area contributed by atoms with E-state index in [0.717, 1.165) is 54.3 Å². The molecule has 0 N–H and O–H groups in total. The van der Waals surface area contributed by atoms with Gasteiger partial charge in [-0.3, -0.25) is 0 Å². The molecule has 0 amide bonds. The molecule has 9 nitrogen and oxygen atoms in total. The maximum Gasteiger partial charge on any atom is 0.344 e.